The van der Waals surface area contributed by atoms with Crippen molar-refractivity contribution < 1.29 is 19.1 Å². The van der Waals surface area contributed by atoms with Crippen LogP contribution in [-0.4, -0.2) is 35.1 Å². The number of carbonyl (C=O) groups is 3. The molecule has 136 valence electrons. The zero-order valence-electron chi connectivity index (χ0n) is 15.5. The fraction of sp³-hybridized carbons (Fsp3) is 0.842. The van der Waals surface area contributed by atoms with E-state index in [2.05, 4.69) is 20.8 Å². The maximum absolute atomic E-state index is 12.8. The van der Waals surface area contributed by atoms with Crippen LogP contribution >= 0.6 is 11.8 Å². The van der Waals surface area contributed by atoms with Gasteiger partial charge >= 0.3 is 5.97 Å². The van der Waals surface area contributed by atoms with Gasteiger partial charge in [0.05, 0.1) is 0 Å². The molecule has 0 spiro atoms. The average molecular weight is 355 g/mol. The van der Waals surface area contributed by atoms with E-state index >= 15 is 0 Å². The number of hydrogen-bond donors (Lipinski definition) is 0. The van der Waals surface area contributed by atoms with E-state index in [1.54, 1.807) is 11.8 Å². The van der Waals surface area contributed by atoms with Gasteiger partial charge in [-0.2, -0.15) is 11.8 Å². The monoisotopic (exact) mass is 354 g/mol. The van der Waals surface area contributed by atoms with Crippen LogP contribution in [0.1, 0.15) is 59.8 Å². The number of cyclic esters (lactones) is 1. The minimum absolute atomic E-state index is 0.165. The molecule has 1 saturated carbocycles. The zero-order chi connectivity index (χ0) is 18.1. The van der Waals surface area contributed by atoms with Gasteiger partial charge in [-0.15, -0.1) is 0 Å². The van der Waals surface area contributed by atoms with Crippen LogP contribution in [0, 0.1) is 23.2 Å². The molecule has 3 atom stereocenters. The van der Waals surface area contributed by atoms with Gasteiger partial charge in [-0.05, 0) is 43.3 Å². The topological polar surface area (TPSA) is 60.4 Å². The van der Waals surface area contributed by atoms with Crippen molar-refractivity contribution in [1.82, 2.24) is 0 Å². The Kier molecular flexibility index (Phi) is 6.16. The summed E-state index contributed by atoms with van der Waals surface area (Å²) in [5.41, 5.74) is 0.245. The van der Waals surface area contributed by atoms with Crippen LogP contribution in [0.4, 0.5) is 0 Å². The molecule has 0 aromatic heterocycles. The summed E-state index contributed by atoms with van der Waals surface area (Å²) in [6, 6.07) is 0. The molecule has 0 aromatic rings. The van der Waals surface area contributed by atoms with Gasteiger partial charge in [0.1, 0.15) is 0 Å². The number of esters is 1. The summed E-state index contributed by atoms with van der Waals surface area (Å²) in [5.74, 6) is -1.87. The summed E-state index contributed by atoms with van der Waals surface area (Å²) in [6.07, 6.45) is 5.26. The number of Topliss-reactive ketones (excluding diaryl/α,β-unsaturated/α-hetero) is 2. The summed E-state index contributed by atoms with van der Waals surface area (Å²) >= 11 is 1.63. The number of ketones is 2. The summed E-state index contributed by atoms with van der Waals surface area (Å²) in [6.45, 7) is 8.69. The lowest BCUT2D eigenvalue weighted by atomic mass is 9.68. The van der Waals surface area contributed by atoms with Crippen LogP contribution in [0.3, 0.4) is 0 Å². The first-order chi connectivity index (χ1) is 11.1. The van der Waals surface area contributed by atoms with Crippen molar-refractivity contribution in [3.05, 3.63) is 0 Å². The molecular formula is C19H30O4S. The van der Waals surface area contributed by atoms with Gasteiger partial charge in [-0.3, -0.25) is 14.4 Å². The Morgan fingerprint density at radius 2 is 1.79 bits per heavy atom. The van der Waals surface area contributed by atoms with Crippen LogP contribution in [0.2, 0.25) is 0 Å². The summed E-state index contributed by atoms with van der Waals surface area (Å²) in [4.78, 5) is 37.4. The maximum atomic E-state index is 12.8. The molecule has 2 rings (SSSR count). The standard InChI is InChI=1S/C19H30O4S/c1-11(24-5)10-14-17(21)15(18(22)23-14)16(20)12-6-8-13(9-7-12)19(2,3)4/h11-15H,6-10H2,1-5H3. The van der Waals surface area contributed by atoms with E-state index in [-0.39, 0.29) is 28.1 Å². The number of hydrogen-bond acceptors (Lipinski definition) is 5. The molecule has 0 bridgehead atoms. The van der Waals surface area contributed by atoms with Gasteiger partial charge in [-0.25, -0.2) is 0 Å². The molecule has 0 aromatic carbocycles. The minimum atomic E-state index is -1.17. The van der Waals surface area contributed by atoms with Crippen molar-refractivity contribution >= 4 is 29.3 Å². The minimum Gasteiger partial charge on any atom is -0.453 e. The van der Waals surface area contributed by atoms with Crippen molar-refractivity contribution in [2.45, 2.75) is 71.2 Å². The number of rotatable bonds is 5. The van der Waals surface area contributed by atoms with Crippen molar-refractivity contribution in [3.8, 4) is 0 Å². The summed E-state index contributed by atoms with van der Waals surface area (Å²) in [5, 5.41) is 0.225. The van der Waals surface area contributed by atoms with Gasteiger partial charge in [0.15, 0.2) is 23.6 Å². The van der Waals surface area contributed by atoms with Crippen molar-refractivity contribution in [2.24, 2.45) is 23.2 Å². The lowest BCUT2D eigenvalue weighted by molar-refractivity contribution is -0.148. The molecule has 5 heteroatoms. The second-order valence-corrected chi connectivity index (χ2v) is 9.64. The first kappa shape index (κ1) is 19.5. The highest BCUT2D eigenvalue weighted by Crippen LogP contribution is 2.41. The van der Waals surface area contributed by atoms with Gasteiger partial charge in [0.25, 0.3) is 0 Å². The van der Waals surface area contributed by atoms with Crippen molar-refractivity contribution in [3.63, 3.8) is 0 Å². The molecule has 24 heavy (non-hydrogen) atoms. The Hall–Kier alpha value is -0.840. The highest BCUT2D eigenvalue weighted by molar-refractivity contribution is 7.99. The molecule has 3 unspecified atom stereocenters. The largest absolute Gasteiger partial charge is 0.453 e. The van der Waals surface area contributed by atoms with Gasteiger partial charge in [-0.1, -0.05) is 27.7 Å². The predicted octanol–water partition coefficient (Wildman–Crippen LogP) is 3.66. The van der Waals surface area contributed by atoms with Crippen LogP contribution in [0.25, 0.3) is 0 Å². The SMILES string of the molecule is CSC(C)CC1OC(=O)C(C(=O)C2CCC(C(C)(C)C)CC2)C1=O. The maximum Gasteiger partial charge on any atom is 0.325 e. The Bertz CT molecular complexity index is 500. The Morgan fingerprint density at radius 3 is 2.29 bits per heavy atom. The van der Waals surface area contributed by atoms with Gasteiger partial charge in [0, 0.05) is 17.6 Å². The summed E-state index contributed by atoms with van der Waals surface area (Å²) < 4.78 is 5.22. The van der Waals surface area contributed by atoms with Crippen LogP contribution in [-0.2, 0) is 19.1 Å². The van der Waals surface area contributed by atoms with Crippen molar-refractivity contribution in [1.29, 1.82) is 0 Å². The van der Waals surface area contributed by atoms with E-state index in [1.807, 2.05) is 13.2 Å². The molecule has 0 radical (unpaired) electrons. The fourth-order valence-corrected chi connectivity index (χ4v) is 4.23. The van der Waals surface area contributed by atoms with Crippen LogP contribution < -0.4 is 0 Å². The predicted molar refractivity (Wildman–Crippen MR) is 95.9 cm³/mol. The van der Waals surface area contributed by atoms with Gasteiger partial charge < -0.3 is 4.74 Å². The quantitative estimate of drug-likeness (QED) is 0.557. The highest BCUT2D eigenvalue weighted by Gasteiger charge is 2.50. The van der Waals surface area contributed by atoms with E-state index in [9.17, 15) is 14.4 Å². The smallest absolute Gasteiger partial charge is 0.325 e. The van der Waals surface area contributed by atoms with E-state index in [0.717, 1.165) is 25.7 Å². The third-order valence-electron chi connectivity index (χ3n) is 5.68. The second kappa shape index (κ2) is 7.59. The molecule has 0 amide bonds. The Morgan fingerprint density at radius 1 is 1.21 bits per heavy atom. The van der Waals surface area contributed by atoms with E-state index in [0.29, 0.717) is 12.3 Å². The summed E-state index contributed by atoms with van der Waals surface area (Å²) in [7, 11) is 0. The Labute approximate surface area is 149 Å². The molecule has 1 aliphatic carbocycles. The lowest BCUT2D eigenvalue weighted by Crippen LogP contribution is -2.36. The molecule has 4 nitrogen and oxygen atoms in total. The Balaban J connectivity index is 1.98. The van der Waals surface area contributed by atoms with Crippen LogP contribution in [0.15, 0.2) is 0 Å². The third-order valence-corrected chi connectivity index (χ3v) is 6.68. The lowest BCUT2D eigenvalue weighted by Gasteiger charge is -2.36. The van der Waals surface area contributed by atoms with E-state index in [1.165, 1.54) is 0 Å². The third kappa shape index (κ3) is 4.22. The average Bonchev–Trinajstić information content (AvgIpc) is 2.80. The highest BCUT2D eigenvalue weighted by atomic mass is 32.2. The first-order valence-electron chi connectivity index (χ1n) is 8.96. The zero-order valence-corrected chi connectivity index (χ0v) is 16.3. The first-order valence-corrected chi connectivity index (χ1v) is 10.2. The molecule has 2 aliphatic rings. The number of thioether (sulfide) groups is 1. The molecule has 1 aliphatic heterocycles. The number of carbonyl (C=O) groups excluding carboxylic acids is 3. The second-order valence-electron chi connectivity index (χ2n) is 8.36. The normalized spacial score (nSPS) is 32.5. The fourth-order valence-electron chi connectivity index (χ4n) is 3.87. The van der Waals surface area contributed by atoms with E-state index in [4.69, 9.17) is 4.74 Å². The molecule has 2 fully saturated rings. The van der Waals surface area contributed by atoms with Gasteiger partial charge in [0.2, 0.25) is 0 Å². The number of ether oxygens (including phenoxy) is 1. The molecular weight excluding hydrogens is 324 g/mol. The van der Waals surface area contributed by atoms with Crippen molar-refractivity contribution in [2.75, 3.05) is 6.26 Å². The van der Waals surface area contributed by atoms with E-state index < -0.39 is 18.0 Å². The molecule has 1 saturated heterocycles. The molecule has 1 heterocycles. The van der Waals surface area contributed by atoms with Crippen LogP contribution in [0.5, 0.6) is 0 Å². The molecule has 0 N–H and O–H groups in total.